The Balaban J connectivity index is 1.90. The van der Waals surface area contributed by atoms with Gasteiger partial charge in [0.25, 0.3) is 0 Å². The minimum atomic E-state index is -0.478. The Morgan fingerprint density at radius 2 is 1.70 bits per heavy atom. The molecule has 0 bridgehead atoms. The molecule has 0 aromatic heterocycles. The van der Waals surface area contributed by atoms with E-state index in [1.165, 1.54) is 19.1 Å². The predicted molar refractivity (Wildman–Crippen MR) is 87.2 cm³/mol. The molecule has 4 nitrogen and oxygen atoms in total. The topological polar surface area (TPSA) is 49.4 Å². The van der Waals surface area contributed by atoms with Crippen molar-refractivity contribution >= 4 is 17.5 Å². The maximum absolute atomic E-state index is 13.5. The standard InChI is InChI=1S/C18H19FN2O2/c1-14(22)21(13-15-7-3-2-4-8-15)12-11-18(23)20-17-10-6-5-9-16(17)19/h2-10H,11-13H2,1H3,(H,20,23). The van der Waals surface area contributed by atoms with Gasteiger partial charge >= 0.3 is 0 Å². The highest BCUT2D eigenvalue weighted by molar-refractivity contribution is 5.91. The largest absolute Gasteiger partial charge is 0.338 e. The molecule has 0 atom stereocenters. The highest BCUT2D eigenvalue weighted by Crippen LogP contribution is 2.13. The molecule has 0 unspecified atom stereocenters. The number of nitrogens with zero attached hydrogens (tertiary/aromatic N) is 1. The maximum atomic E-state index is 13.5. The molecule has 23 heavy (non-hydrogen) atoms. The molecule has 0 fully saturated rings. The molecule has 0 saturated heterocycles. The van der Waals surface area contributed by atoms with Crippen molar-refractivity contribution in [2.75, 3.05) is 11.9 Å². The van der Waals surface area contributed by atoms with E-state index in [2.05, 4.69) is 5.32 Å². The molecule has 0 saturated carbocycles. The highest BCUT2D eigenvalue weighted by Gasteiger charge is 2.12. The molecule has 2 aromatic carbocycles. The Hall–Kier alpha value is -2.69. The van der Waals surface area contributed by atoms with Crippen LogP contribution in [0.1, 0.15) is 18.9 Å². The monoisotopic (exact) mass is 314 g/mol. The molecule has 0 heterocycles. The van der Waals surface area contributed by atoms with E-state index in [4.69, 9.17) is 0 Å². The molecule has 0 aliphatic carbocycles. The number of anilines is 1. The summed E-state index contributed by atoms with van der Waals surface area (Å²) in [7, 11) is 0. The van der Waals surface area contributed by atoms with E-state index in [-0.39, 0.29) is 30.5 Å². The minimum Gasteiger partial charge on any atom is -0.338 e. The van der Waals surface area contributed by atoms with Crippen molar-refractivity contribution in [2.45, 2.75) is 19.9 Å². The third kappa shape index (κ3) is 5.21. The summed E-state index contributed by atoms with van der Waals surface area (Å²) in [6.45, 7) is 2.20. The van der Waals surface area contributed by atoms with Gasteiger partial charge in [0.1, 0.15) is 5.82 Å². The molecule has 0 aliphatic heterocycles. The minimum absolute atomic E-state index is 0.104. The lowest BCUT2D eigenvalue weighted by Crippen LogP contribution is -2.31. The zero-order valence-corrected chi connectivity index (χ0v) is 13.0. The highest BCUT2D eigenvalue weighted by atomic mass is 19.1. The van der Waals surface area contributed by atoms with Crippen LogP contribution in [0, 0.1) is 5.82 Å². The number of carbonyl (C=O) groups excluding carboxylic acids is 2. The van der Waals surface area contributed by atoms with E-state index >= 15 is 0 Å². The van der Waals surface area contributed by atoms with Gasteiger partial charge in [-0.15, -0.1) is 0 Å². The van der Waals surface area contributed by atoms with Gasteiger partial charge in [0.05, 0.1) is 5.69 Å². The third-order valence-corrected chi connectivity index (χ3v) is 3.42. The van der Waals surface area contributed by atoms with Crippen LogP contribution >= 0.6 is 0 Å². The average molecular weight is 314 g/mol. The van der Waals surface area contributed by atoms with Crippen molar-refractivity contribution in [3.05, 3.63) is 66.0 Å². The lowest BCUT2D eigenvalue weighted by atomic mass is 10.2. The Labute approximate surface area is 134 Å². The summed E-state index contributed by atoms with van der Waals surface area (Å²) in [5, 5.41) is 2.52. The molecule has 2 aromatic rings. The van der Waals surface area contributed by atoms with E-state index in [0.717, 1.165) is 5.56 Å². The first-order valence-electron chi connectivity index (χ1n) is 7.40. The zero-order chi connectivity index (χ0) is 16.7. The number of para-hydroxylation sites is 1. The SMILES string of the molecule is CC(=O)N(CCC(=O)Nc1ccccc1F)Cc1ccccc1. The summed E-state index contributed by atoms with van der Waals surface area (Å²) in [6, 6.07) is 15.6. The number of amides is 2. The first-order valence-corrected chi connectivity index (χ1v) is 7.40. The molecule has 5 heteroatoms. The summed E-state index contributed by atoms with van der Waals surface area (Å²) in [4.78, 5) is 25.2. The van der Waals surface area contributed by atoms with Crippen molar-refractivity contribution in [1.82, 2.24) is 4.90 Å². The van der Waals surface area contributed by atoms with Gasteiger partial charge in [-0.25, -0.2) is 4.39 Å². The van der Waals surface area contributed by atoms with E-state index in [1.54, 1.807) is 17.0 Å². The number of nitrogens with one attached hydrogen (secondary N) is 1. The van der Waals surface area contributed by atoms with Gasteiger partial charge < -0.3 is 10.2 Å². The Morgan fingerprint density at radius 1 is 1.04 bits per heavy atom. The molecule has 1 N–H and O–H groups in total. The van der Waals surface area contributed by atoms with Crippen molar-refractivity contribution < 1.29 is 14.0 Å². The summed E-state index contributed by atoms with van der Waals surface area (Å²) in [5.74, 6) is -0.907. The zero-order valence-electron chi connectivity index (χ0n) is 13.0. The smallest absolute Gasteiger partial charge is 0.226 e. The van der Waals surface area contributed by atoms with Crippen LogP contribution in [-0.2, 0) is 16.1 Å². The summed E-state index contributed by atoms with van der Waals surface area (Å²) < 4.78 is 13.5. The van der Waals surface area contributed by atoms with E-state index in [0.29, 0.717) is 6.54 Å². The molecule has 0 spiro atoms. The van der Waals surface area contributed by atoms with Crippen LogP contribution in [0.15, 0.2) is 54.6 Å². The molecule has 0 radical (unpaired) electrons. The van der Waals surface area contributed by atoms with Crippen molar-refractivity contribution in [2.24, 2.45) is 0 Å². The molecule has 0 aliphatic rings. The van der Waals surface area contributed by atoms with Crippen LogP contribution < -0.4 is 5.32 Å². The lowest BCUT2D eigenvalue weighted by molar-refractivity contribution is -0.129. The first-order chi connectivity index (χ1) is 11.1. The molecule has 2 amide bonds. The number of carbonyl (C=O) groups is 2. The third-order valence-electron chi connectivity index (χ3n) is 3.42. The summed E-state index contributed by atoms with van der Waals surface area (Å²) in [5.41, 5.74) is 1.15. The maximum Gasteiger partial charge on any atom is 0.226 e. The summed E-state index contributed by atoms with van der Waals surface area (Å²) in [6.07, 6.45) is 0.112. The van der Waals surface area contributed by atoms with Gasteiger partial charge in [-0.05, 0) is 17.7 Å². The van der Waals surface area contributed by atoms with E-state index in [1.807, 2.05) is 30.3 Å². The van der Waals surface area contributed by atoms with Gasteiger partial charge in [0.2, 0.25) is 11.8 Å². The lowest BCUT2D eigenvalue weighted by Gasteiger charge is -2.21. The first kappa shape index (κ1) is 16.7. The van der Waals surface area contributed by atoms with Gasteiger partial charge in [-0.3, -0.25) is 9.59 Å². The quantitative estimate of drug-likeness (QED) is 0.890. The van der Waals surface area contributed by atoms with Crippen molar-refractivity contribution in [1.29, 1.82) is 0 Å². The number of hydrogen-bond acceptors (Lipinski definition) is 2. The number of rotatable bonds is 6. The van der Waals surface area contributed by atoms with Gasteiger partial charge in [0, 0.05) is 26.4 Å². The Kier molecular flexibility index (Phi) is 5.86. The number of hydrogen-bond donors (Lipinski definition) is 1. The molecular weight excluding hydrogens is 295 g/mol. The number of halogens is 1. The van der Waals surface area contributed by atoms with Crippen LogP contribution in [0.2, 0.25) is 0 Å². The van der Waals surface area contributed by atoms with E-state index in [9.17, 15) is 14.0 Å². The Bertz CT molecular complexity index is 674. The van der Waals surface area contributed by atoms with Crippen molar-refractivity contribution in [3.63, 3.8) is 0 Å². The molecule has 120 valence electrons. The molecule has 2 rings (SSSR count). The number of benzene rings is 2. The second-order valence-electron chi connectivity index (χ2n) is 5.20. The van der Waals surface area contributed by atoms with Gasteiger partial charge in [-0.1, -0.05) is 42.5 Å². The fraction of sp³-hybridized carbons (Fsp3) is 0.222. The fourth-order valence-electron chi connectivity index (χ4n) is 2.16. The van der Waals surface area contributed by atoms with Crippen LogP contribution in [0.25, 0.3) is 0 Å². The van der Waals surface area contributed by atoms with Crippen LogP contribution in [-0.4, -0.2) is 23.3 Å². The summed E-state index contributed by atoms with van der Waals surface area (Å²) >= 11 is 0. The second-order valence-corrected chi connectivity index (χ2v) is 5.20. The average Bonchev–Trinajstić information content (AvgIpc) is 2.54. The van der Waals surface area contributed by atoms with Crippen LogP contribution in [0.5, 0.6) is 0 Å². The predicted octanol–water partition coefficient (Wildman–Crippen LogP) is 3.20. The molecular formula is C18H19FN2O2. The Morgan fingerprint density at radius 3 is 2.35 bits per heavy atom. The van der Waals surface area contributed by atoms with Gasteiger partial charge in [0.15, 0.2) is 0 Å². The normalized spacial score (nSPS) is 10.2. The van der Waals surface area contributed by atoms with Gasteiger partial charge in [-0.2, -0.15) is 0 Å². The second kappa shape index (κ2) is 8.08. The van der Waals surface area contributed by atoms with E-state index < -0.39 is 5.82 Å². The van der Waals surface area contributed by atoms with Crippen LogP contribution in [0.3, 0.4) is 0 Å². The van der Waals surface area contributed by atoms with Crippen LogP contribution in [0.4, 0.5) is 10.1 Å². The van der Waals surface area contributed by atoms with Crippen molar-refractivity contribution in [3.8, 4) is 0 Å². The fourth-order valence-corrected chi connectivity index (χ4v) is 2.16.